The molecular formula is C13H18FN3O4S. The number of hydrogen-bond donors (Lipinski definition) is 2. The summed E-state index contributed by atoms with van der Waals surface area (Å²) in [6, 6.07) is 1.42. The molecule has 0 aliphatic rings. The van der Waals surface area contributed by atoms with E-state index in [0.29, 0.717) is 4.88 Å². The van der Waals surface area contributed by atoms with Crippen molar-refractivity contribution in [2.75, 3.05) is 0 Å². The number of rotatable bonds is 4. The van der Waals surface area contributed by atoms with Crippen LogP contribution in [0.3, 0.4) is 0 Å². The van der Waals surface area contributed by atoms with E-state index in [4.69, 9.17) is 10.5 Å². The Morgan fingerprint density at radius 3 is 2.64 bits per heavy atom. The van der Waals surface area contributed by atoms with Crippen LogP contribution in [0, 0.1) is 5.13 Å². The molecule has 22 heavy (non-hydrogen) atoms. The van der Waals surface area contributed by atoms with E-state index in [9.17, 15) is 14.0 Å². The first-order valence-corrected chi connectivity index (χ1v) is 7.16. The molecule has 1 rings (SSSR count). The van der Waals surface area contributed by atoms with Crippen molar-refractivity contribution in [2.24, 2.45) is 10.9 Å². The van der Waals surface area contributed by atoms with Crippen molar-refractivity contribution in [1.82, 2.24) is 5.32 Å². The highest BCUT2D eigenvalue weighted by atomic mass is 32.1. The lowest BCUT2D eigenvalue weighted by Gasteiger charge is -2.19. The van der Waals surface area contributed by atoms with Gasteiger partial charge in [0.1, 0.15) is 5.60 Å². The summed E-state index contributed by atoms with van der Waals surface area (Å²) in [5.74, 6) is -0.919. The summed E-state index contributed by atoms with van der Waals surface area (Å²) in [7, 11) is 0. The first-order valence-electron chi connectivity index (χ1n) is 6.35. The fourth-order valence-corrected chi connectivity index (χ4v) is 2.14. The normalized spacial score (nSPS) is 12.0. The zero-order valence-corrected chi connectivity index (χ0v) is 13.5. The van der Waals surface area contributed by atoms with Crippen LogP contribution in [-0.4, -0.2) is 23.5 Å². The fourth-order valence-electron chi connectivity index (χ4n) is 1.32. The molecule has 1 aromatic heterocycles. The SMILES string of the molecule is CC(=O)O/N=C(\N)c1cc(CNC(=O)OC(C)(C)C)sc1F. The summed E-state index contributed by atoms with van der Waals surface area (Å²) in [4.78, 5) is 27.0. The maximum atomic E-state index is 13.8. The summed E-state index contributed by atoms with van der Waals surface area (Å²) in [5, 5.41) is 5.22. The Morgan fingerprint density at radius 1 is 1.45 bits per heavy atom. The van der Waals surface area contributed by atoms with Crippen LogP contribution < -0.4 is 11.1 Å². The quantitative estimate of drug-likeness (QED) is 0.381. The van der Waals surface area contributed by atoms with Crippen molar-refractivity contribution in [3.63, 3.8) is 0 Å². The number of ether oxygens (including phenoxy) is 1. The highest BCUT2D eigenvalue weighted by Crippen LogP contribution is 2.20. The van der Waals surface area contributed by atoms with Gasteiger partial charge in [-0.15, -0.1) is 11.3 Å². The molecule has 0 bridgehead atoms. The largest absolute Gasteiger partial charge is 0.444 e. The number of halogens is 1. The minimum atomic E-state index is -0.662. The highest BCUT2D eigenvalue weighted by molar-refractivity contribution is 7.10. The van der Waals surface area contributed by atoms with Gasteiger partial charge in [0, 0.05) is 11.8 Å². The molecule has 0 aliphatic carbocycles. The summed E-state index contributed by atoms with van der Waals surface area (Å²) >= 11 is 0.799. The van der Waals surface area contributed by atoms with E-state index in [1.54, 1.807) is 20.8 Å². The van der Waals surface area contributed by atoms with Crippen molar-refractivity contribution in [1.29, 1.82) is 0 Å². The van der Waals surface area contributed by atoms with Gasteiger partial charge in [0.2, 0.25) is 0 Å². The van der Waals surface area contributed by atoms with Gasteiger partial charge in [-0.1, -0.05) is 5.16 Å². The summed E-state index contributed by atoms with van der Waals surface area (Å²) < 4.78 is 18.8. The average Bonchev–Trinajstić information content (AvgIpc) is 2.73. The van der Waals surface area contributed by atoms with Gasteiger partial charge in [-0.2, -0.15) is 4.39 Å². The van der Waals surface area contributed by atoms with Crippen LogP contribution in [0.1, 0.15) is 38.1 Å². The lowest BCUT2D eigenvalue weighted by atomic mass is 10.2. The van der Waals surface area contributed by atoms with E-state index in [1.807, 2.05) is 0 Å². The van der Waals surface area contributed by atoms with Crippen LogP contribution in [0.25, 0.3) is 0 Å². The second-order valence-electron chi connectivity index (χ2n) is 5.31. The second-order valence-corrected chi connectivity index (χ2v) is 6.40. The van der Waals surface area contributed by atoms with Gasteiger partial charge in [0.05, 0.1) is 12.1 Å². The molecule has 1 aromatic rings. The Labute approximate surface area is 131 Å². The van der Waals surface area contributed by atoms with Crippen LogP contribution in [-0.2, 0) is 20.9 Å². The van der Waals surface area contributed by atoms with Crippen molar-refractivity contribution < 1.29 is 23.6 Å². The Hall–Kier alpha value is -2.16. The van der Waals surface area contributed by atoms with E-state index in [-0.39, 0.29) is 17.9 Å². The van der Waals surface area contributed by atoms with E-state index < -0.39 is 22.8 Å². The minimum Gasteiger partial charge on any atom is -0.444 e. The van der Waals surface area contributed by atoms with Crippen molar-refractivity contribution in [3.05, 3.63) is 21.6 Å². The predicted molar refractivity (Wildman–Crippen MR) is 79.8 cm³/mol. The molecule has 0 spiro atoms. The molecular weight excluding hydrogens is 313 g/mol. The molecule has 0 saturated carbocycles. The summed E-state index contributed by atoms with van der Waals surface area (Å²) in [6.07, 6.45) is -0.607. The predicted octanol–water partition coefficient (Wildman–Crippen LogP) is 2.10. The number of nitrogens with two attached hydrogens (primary N) is 1. The van der Waals surface area contributed by atoms with Crippen LogP contribution in [0.5, 0.6) is 0 Å². The number of nitrogens with zero attached hydrogens (tertiary/aromatic N) is 1. The van der Waals surface area contributed by atoms with Crippen LogP contribution in [0.2, 0.25) is 0 Å². The fraction of sp³-hybridized carbons (Fsp3) is 0.462. The smallest absolute Gasteiger partial charge is 0.407 e. The van der Waals surface area contributed by atoms with E-state index in [1.165, 1.54) is 6.07 Å². The number of amidine groups is 1. The number of amides is 1. The molecule has 0 radical (unpaired) electrons. The molecule has 9 heteroatoms. The lowest BCUT2D eigenvalue weighted by molar-refractivity contribution is -0.140. The molecule has 122 valence electrons. The van der Waals surface area contributed by atoms with E-state index >= 15 is 0 Å². The van der Waals surface area contributed by atoms with Gasteiger partial charge in [0.25, 0.3) is 0 Å². The van der Waals surface area contributed by atoms with Gasteiger partial charge < -0.3 is 20.6 Å². The van der Waals surface area contributed by atoms with Crippen molar-refractivity contribution in [3.8, 4) is 0 Å². The number of carbonyl (C=O) groups is 2. The number of carbonyl (C=O) groups excluding carboxylic acids is 2. The first kappa shape index (κ1) is 17.9. The van der Waals surface area contributed by atoms with E-state index in [2.05, 4.69) is 15.3 Å². The Morgan fingerprint density at radius 2 is 2.09 bits per heavy atom. The second kappa shape index (κ2) is 7.21. The lowest BCUT2D eigenvalue weighted by Crippen LogP contribution is -2.31. The minimum absolute atomic E-state index is 0.00670. The number of alkyl carbamates (subject to hydrolysis) is 1. The third-order valence-electron chi connectivity index (χ3n) is 2.09. The number of nitrogens with one attached hydrogen (secondary N) is 1. The van der Waals surface area contributed by atoms with E-state index in [0.717, 1.165) is 18.3 Å². The van der Waals surface area contributed by atoms with Gasteiger partial charge in [0.15, 0.2) is 11.0 Å². The van der Waals surface area contributed by atoms with Gasteiger partial charge >= 0.3 is 12.1 Å². The molecule has 0 aromatic carbocycles. The zero-order valence-electron chi connectivity index (χ0n) is 12.7. The number of hydrogen-bond acceptors (Lipinski definition) is 6. The molecule has 7 nitrogen and oxygen atoms in total. The molecule has 1 amide bonds. The molecule has 0 atom stereocenters. The molecule has 0 saturated heterocycles. The Bertz CT molecular complexity index is 593. The third kappa shape index (κ3) is 6.08. The molecule has 1 heterocycles. The zero-order chi connectivity index (χ0) is 16.9. The maximum Gasteiger partial charge on any atom is 0.407 e. The maximum absolute atomic E-state index is 13.8. The molecule has 0 aliphatic heterocycles. The van der Waals surface area contributed by atoms with Crippen molar-refractivity contribution >= 4 is 29.2 Å². The monoisotopic (exact) mass is 331 g/mol. The van der Waals surface area contributed by atoms with Crippen LogP contribution in [0.4, 0.5) is 9.18 Å². The summed E-state index contributed by atoms with van der Waals surface area (Å²) in [5.41, 5.74) is 4.92. The Kier molecular flexibility index (Phi) is 5.86. The first-order chi connectivity index (χ1) is 10.1. The average molecular weight is 331 g/mol. The number of oxime groups is 1. The Balaban J connectivity index is 2.68. The van der Waals surface area contributed by atoms with Gasteiger partial charge in [-0.25, -0.2) is 9.59 Å². The van der Waals surface area contributed by atoms with Crippen LogP contribution in [0.15, 0.2) is 11.2 Å². The third-order valence-corrected chi connectivity index (χ3v) is 3.02. The number of thiophene rings is 1. The van der Waals surface area contributed by atoms with Crippen LogP contribution >= 0.6 is 11.3 Å². The standard InChI is InChI=1S/C13H18FN3O4S/c1-7(18)21-17-11(15)9-5-8(22-10(9)14)6-16-12(19)20-13(2,3)4/h5H,6H2,1-4H3,(H2,15,17)(H,16,19). The topological polar surface area (TPSA) is 103 Å². The highest BCUT2D eigenvalue weighted by Gasteiger charge is 2.17. The van der Waals surface area contributed by atoms with Gasteiger partial charge in [-0.05, 0) is 26.8 Å². The van der Waals surface area contributed by atoms with Gasteiger partial charge in [-0.3, -0.25) is 0 Å². The molecule has 0 unspecified atom stereocenters. The summed E-state index contributed by atoms with van der Waals surface area (Å²) in [6.45, 7) is 6.44. The molecule has 0 fully saturated rings. The molecule has 3 N–H and O–H groups in total. The van der Waals surface area contributed by atoms with Crippen molar-refractivity contribution in [2.45, 2.75) is 39.8 Å².